The highest BCUT2D eigenvalue weighted by atomic mass is 32.1. The lowest BCUT2D eigenvalue weighted by Gasteiger charge is -2.10. The van der Waals surface area contributed by atoms with Crippen LogP contribution in [-0.4, -0.2) is 16.2 Å². The van der Waals surface area contributed by atoms with Crippen molar-refractivity contribution < 1.29 is 14.4 Å². The number of thiophene rings is 1. The van der Waals surface area contributed by atoms with E-state index in [0.29, 0.717) is 29.3 Å². The number of carboxylic acids is 1. The zero-order valence-corrected chi connectivity index (χ0v) is 9.00. The van der Waals surface area contributed by atoms with Crippen molar-refractivity contribution in [3.63, 3.8) is 0 Å². The molecule has 0 saturated heterocycles. The first-order valence-electron chi connectivity index (χ1n) is 4.76. The topological polar surface area (TPSA) is 89.4 Å². The average molecular weight is 236 g/mol. The molecule has 3 N–H and O–H groups in total. The Bertz CT molecular complexity index is 585. The van der Waals surface area contributed by atoms with Gasteiger partial charge in [0.25, 0.3) is 0 Å². The highest BCUT2D eigenvalue weighted by Crippen LogP contribution is 2.40. The number of nitrogen functional groups attached to an aromatic ring is 1. The first kappa shape index (κ1) is 9.41. The Morgan fingerprint density at radius 2 is 2.25 bits per heavy atom. The standard InChI is InChI=1S/C10H8N2O3S/c11-9-5-2-1-4-6(7(5)15-12-9)3-16-8(4)10(13)14/h3H,1-2H2,(H2,11,12)(H,13,14). The molecule has 3 rings (SSSR count). The summed E-state index contributed by atoms with van der Waals surface area (Å²) in [5.41, 5.74) is 8.22. The maximum absolute atomic E-state index is 11.0. The molecule has 2 aromatic heterocycles. The van der Waals surface area contributed by atoms with E-state index in [1.807, 2.05) is 0 Å². The average Bonchev–Trinajstić information content (AvgIpc) is 2.81. The van der Waals surface area contributed by atoms with E-state index in [1.54, 1.807) is 5.38 Å². The lowest BCUT2D eigenvalue weighted by molar-refractivity contribution is 0.0701. The van der Waals surface area contributed by atoms with E-state index < -0.39 is 5.97 Å². The highest BCUT2D eigenvalue weighted by Gasteiger charge is 2.28. The van der Waals surface area contributed by atoms with Crippen LogP contribution < -0.4 is 5.73 Å². The highest BCUT2D eigenvalue weighted by molar-refractivity contribution is 7.12. The number of carboxylic acid groups (broad SMARTS) is 1. The van der Waals surface area contributed by atoms with Gasteiger partial charge >= 0.3 is 5.97 Å². The fourth-order valence-electron chi connectivity index (χ4n) is 2.03. The molecule has 0 aromatic carbocycles. The third-order valence-corrected chi connectivity index (χ3v) is 3.79. The van der Waals surface area contributed by atoms with Crippen molar-refractivity contribution in [3.05, 3.63) is 21.4 Å². The summed E-state index contributed by atoms with van der Waals surface area (Å²) >= 11 is 1.22. The number of anilines is 1. The second-order valence-corrected chi connectivity index (χ2v) is 4.52. The Kier molecular flexibility index (Phi) is 1.81. The molecular formula is C10H8N2O3S. The van der Waals surface area contributed by atoms with Crippen LogP contribution >= 0.6 is 11.3 Å². The molecule has 0 radical (unpaired) electrons. The molecule has 1 aliphatic carbocycles. The molecule has 2 heterocycles. The summed E-state index contributed by atoms with van der Waals surface area (Å²) in [6, 6.07) is 0. The van der Waals surface area contributed by atoms with Gasteiger partial charge in [-0.1, -0.05) is 5.16 Å². The number of rotatable bonds is 1. The van der Waals surface area contributed by atoms with Crippen LogP contribution in [0.4, 0.5) is 5.82 Å². The van der Waals surface area contributed by atoms with Gasteiger partial charge in [-0.25, -0.2) is 4.79 Å². The molecular weight excluding hydrogens is 228 g/mol. The maximum atomic E-state index is 11.0. The number of fused-ring (bicyclic) bond motifs is 3. The van der Waals surface area contributed by atoms with Crippen LogP contribution in [-0.2, 0) is 12.8 Å². The molecule has 2 aromatic rings. The molecule has 16 heavy (non-hydrogen) atoms. The van der Waals surface area contributed by atoms with E-state index in [0.717, 1.165) is 16.7 Å². The number of aromatic carboxylic acids is 1. The van der Waals surface area contributed by atoms with E-state index in [-0.39, 0.29) is 0 Å². The van der Waals surface area contributed by atoms with Crippen LogP contribution in [0.25, 0.3) is 11.3 Å². The summed E-state index contributed by atoms with van der Waals surface area (Å²) in [6.07, 6.45) is 1.37. The summed E-state index contributed by atoms with van der Waals surface area (Å²) < 4.78 is 5.15. The molecule has 0 saturated carbocycles. The van der Waals surface area contributed by atoms with Crippen molar-refractivity contribution in [1.82, 2.24) is 5.16 Å². The van der Waals surface area contributed by atoms with Crippen LogP contribution in [0.1, 0.15) is 20.8 Å². The molecule has 0 fully saturated rings. The van der Waals surface area contributed by atoms with Crippen LogP contribution in [0.3, 0.4) is 0 Å². The number of nitrogens with two attached hydrogens (primary N) is 1. The number of hydrogen-bond donors (Lipinski definition) is 2. The van der Waals surface area contributed by atoms with Gasteiger partial charge in [-0.2, -0.15) is 0 Å². The smallest absolute Gasteiger partial charge is 0.346 e. The quantitative estimate of drug-likeness (QED) is 0.787. The van der Waals surface area contributed by atoms with Gasteiger partial charge in [0.15, 0.2) is 11.6 Å². The van der Waals surface area contributed by atoms with Gasteiger partial charge < -0.3 is 15.4 Å². The molecule has 0 atom stereocenters. The molecule has 0 unspecified atom stereocenters. The third-order valence-electron chi connectivity index (χ3n) is 2.78. The van der Waals surface area contributed by atoms with Gasteiger partial charge in [-0.05, 0) is 18.4 Å². The number of aromatic nitrogens is 1. The first-order valence-corrected chi connectivity index (χ1v) is 5.64. The summed E-state index contributed by atoms with van der Waals surface area (Å²) in [5.74, 6) is 0.147. The zero-order chi connectivity index (χ0) is 11.3. The summed E-state index contributed by atoms with van der Waals surface area (Å²) in [5, 5.41) is 14.5. The van der Waals surface area contributed by atoms with Crippen molar-refractivity contribution >= 4 is 23.1 Å². The molecule has 6 heteroatoms. The van der Waals surface area contributed by atoms with Crippen molar-refractivity contribution in [1.29, 1.82) is 0 Å². The van der Waals surface area contributed by atoms with Gasteiger partial charge in [0.2, 0.25) is 0 Å². The predicted molar refractivity (Wildman–Crippen MR) is 58.6 cm³/mol. The van der Waals surface area contributed by atoms with Crippen molar-refractivity contribution in [2.45, 2.75) is 12.8 Å². The van der Waals surface area contributed by atoms with E-state index >= 15 is 0 Å². The van der Waals surface area contributed by atoms with Crippen molar-refractivity contribution in [2.75, 3.05) is 5.73 Å². The Morgan fingerprint density at radius 3 is 3.00 bits per heavy atom. The van der Waals surface area contributed by atoms with Gasteiger partial charge in [0.05, 0.1) is 0 Å². The van der Waals surface area contributed by atoms with Crippen molar-refractivity contribution in [2.24, 2.45) is 0 Å². The maximum Gasteiger partial charge on any atom is 0.346 e. The molecule has 0 amide bonds. The van der Waals surface area contributed by atoms with E-state index in [1.165, 1.54) is 11.3 Å². The van der Waals surface area contributed by atoms with Gasteiger partial charge in [0.1, 0.15) is 4.88 Å². The lowest BCUT2D eigenvalue weighted by atomic mass is 9.92. The number of hydrogen-bond acceptors (Lipinski definition) is 5. The summed E-state index contributed by atoms with van der Waals surface area (Å²) in [7, 11) is 0. The van der Waals surface area contributed by atoms with Gasteiger partial charge in [-0.15, -0.1) is 11.3 Å². The van der Waals surface area contributed by atoms with Crippen LogP contribution in [0.2, 0.25) is 0 Å². The molecule has 0 spiro atoms. The fourth-order valence-corrected chi connectivity index (χ4v) is 2.97. The SMILES string of the molecule is Nc1noc2c1CCc1c-2csc1C(=O)O. The molecule has 1 aliphatic rings. The van der Waals surface area contributed by atoms with Crippen LogP contribution in [0, 0.1) is 0 Å². The summed E-state index contributed by atoms with van der Waals surface area (Å²) in [4.78, 5) is 11.4. The minimum Gasteiger partial charge on any atom is -0.477 e. The lowest BCUT2D eigenvalue weighted by Crippen LogP contribution is -2.06. The largest absolute Gasteiger partial charge is 0.477 e. The first-order chi connectivity index (χ1) is 7.68. The second kappa shape index (κ2) is 3.08. The molecule has 82 valence electrons. The van der Waals surface area contributed by atoms with Crippen molar-refractivity contribution in [3.8, 4) is 11.3 Å². The fraction of sp³-hybridized carbons (Fsp3) is 0.200. The van der Waals surface area contributed by atoms with Gasteiger partial charge in [-0.3, -0.25) is 0 Å². The minimum absolute atomic E-state index is 0.385. The second-order valence-electron chi connectivity index (χ2n) is 3.64. The third kappa shape index (κ3) is 1.10. The normalized spacial score (nSPS) is 13.2. The van der Waals surface area contributed by atoms with Crippen LogP contribution in [0.5, 0.6) is 0 Å². The Hall–Kier alpha value is -1.82. The van der Waals surface area contributed by atoms with E-state index in [4.69, 9.17) is 15.4 Å². The zero-order valence-electron chi connectivity index (χ0n) is 8.19. The van der Waals surface area contributed by atoms with Crippen LogP contribution in [0.15, 0.2) is 9.90 Å². The minimum atomic E-state index is -0.887. The number of carbonyl (C=O) groups is 1. The van der Waals surface area contributed by atoms with E-state index in [9.17, 15) is 4.79 Å². The molecule has 0 aliphatic heterocycles. The summed E-state index contributed by atoms with van der Waals surface area (Å²) in [6.45, 7) is 0. The predicted octanol–water partition coefficient (Wildman–Crippen LogP) is 1.78. The van der Waals surface area contributed by atoms with Gasteiger partial charge in [0, 0.05) is 16.5 Å². The Morgan fingerprint density at radius 1 is 1.50 bits per heavy atom. The number of nitrogens with zero attached hydrogens (tertiary/aromatic N) is 1. The molecule has 0 bridgehead atoms. The Balaban J connectivity index is 2.23. The van der Waals surface area contributed by atoms with E-state index in [2.05, 4.69) is 5.16 Å². The Labute approximate surface area is 94.5 Å². The monoisotopic (exact) mass is 236 g/mol. The molecule has 5 nitrogen and oxygen atoms in total.